The zero-order chi connectivity index (χ0) is 29.3. The Morgan fingerprint density at radius 1 is 0.558 bits per heavy atom. The maximum absolute atomic E-state index is 13.9. The van der Waals surface area contributed by atoms with E-state index in [4.69, 9.17) is 14.2 Å². The van der Waals surface area contributed by atoms with Crippen LogP contribution in [0.15, 0.2) is 133 Å². The Kier molecular flexibility index (Phi) is 9.14. The maximum Gasteiger partial charge on any atom is 0.166 e. The first-order valence-electron chi connectivity index (χ1n) is 15.0. The van der Waals surface area contributed by atoms with Gasteiger partial charge in [-0.25, -0.2) is 0 Å². The Morgan fingerprint density at radius 2 is 1.07 bits per heavy atom. The number of rotatable bonds is 12. The Bertz CT molecular complexity index is 1600. The molecule has 0 N–H and O–H groups in total. The van der Waals surface area contributed by atoms with Gasteiger partial charge in [0.05, 0.1) is 0 Å². The number of hydrogen-bond acceptors (Lipinski definition) is 4. The zero-order valence-corrected chi connectivity index (χ0v) is 24.2. The van der Waals surface area contributed by atoms with Gasteiger partial charge in [0.25, 0.3) is 0 Å². The summed E-state index contributed by atoms with van der Waals surface area (Å²) in [5.74, 6) is 2.44. The molecule has 0 aromatic heterocycles. The van der Waals surface area contributed by atoms with E-state index in [1.807, 2.05) is 103 Å². The summed E-state index contributed by atoms with van der Waals surface area (Å²) < 4.78 is 18.5. The van der Waals surface area contributed by atoms with E-state index in [2.05, 4.69) is 30.3 Å². The summed E-state index contributed by atoms with van der Waals surface area (Å²) in [5, 5.41) is 0. The van der Waals surface area contributed by atoms with Gasteiger partial charge < -0.3 is 14.2 Å². The van der Waals surface area contributed by atoms with Gasteiger partial charge in [-0.05, 0) is 77.9 Å². The van der Waals surface area contributed by atoms with E-state index in [0.29, 0.717) is 25.4 Å². The van der Waals surface area contributed by atoms with Crippen molar-refractivity contribution in [3.8, 4) is 17.2 Å². The molecule has 2 unspecified atom stereocenters. The van der Waals surface area contributed by atoms with E-state index < -0.39 is 0 Å². The summed E-state index contributed by atoms with van der Waals surface area (Å²) in [6.07, 6.45) is 2.77. The van der Waals surface area contributed by atoms with Crippen molar-refractivity contribution in [2.45, 2.75) is 45.0 Å². The Balaban J connectivity index is 1.20. The lowest BCUT2D eigenvalue weighted by Crippen LogP contribution is -2.19. The number of Topliss-reactive ketones (excluding diaryl/α,β-unsaturated/α-hetero) is 1. The Morgan fingerprint density at radius 3 is 1.65 bits per heavy atom. The molecule has 1 saturated carbocycles. The van der Waals surface area contributed by atoms with Crippen LogP contribution in [0.2, 0.25) is 0 Å². The molecule has 216 valence electrons. The average molecular weight is 569 g/mol. The van der Waals surface area contributed by atoms with E-state index in [1.165, 1.54) is 0 Å². The number of carbonyl (C=O) groups excluding carboxylic acids is 1. The average Bonchev–Trinajstić information content (AvgIpc) is 3.57. The van der Waals surface area contributed by atoms with Crippen LogP contribution in [0.1, 0.15) is 57.8 Å². The molecule has 4 heteroatoms. The number of hydrogen-bond donors (Lipinski definition) is 0. The largest absolute Gasteiger partial charge is 0.489 e. The van der Waals surface area contributed by atoms with E-state index in [9.17, 15) is 4.79 Å². The van der Waals surface area contributed by atoms with Crippen LogP contribution in [0, 0.1) is 5.92 Å². The maximum atomic E-state index is 13.9. The van der Waals surface area contributed by atoms with Crippen molar-refractivity contribution in [1.82, 2.24) is 0 Å². The second-order valence-electron chi connectivity index (χ2n) is 11.1. The van der Waals surface area contributed by atoms with Crippen molar-refractivity contribution >= 4 is 5.78 Å². The smallest absolute Gasteiger partial charge is 0.166 e. The first-order chi connectivity index (χ1) is 21.2. The third-order valence-electron chi connectivity index (χ3n) is 8.11. The highest BCUT2D eigenvalue weighted by molar-refractivity contribution is 5.98. The van der Waals surface area contributed by atoms with Crippen LogP contribution in [-0.2, 0) is 19.8 Å². The molecule has 2 atom stereocenters. The van der Waals surface area contributed by atoms with Crippen molar-refractivity contribution in [2.24, 2.45) is 5.92 Å². The molecule has 0 radical (unpaired) electrons. The van der Waals surface area contributed by atoms with E-state index in [0.717, 1.165) is 58.8 Å². The molecule has 1 fully saturated rings. The Hall–Kier alpha value is -4.83. The molecule has 0 amide bonds. The number of benzene rings is 5. The molecule has 0 spiro atoms. The van der Waals surface area contributed by atoms with Gasteiger partial charge in [0.1, 0.15) is 37.1 Å². The molecule has 5 aromatic carbocycles. The third kappa shape index (κ3) is 7.34. The highest BCUT2D eigenvalue weighted by Crippen LogP contribution is 2.46. The van der Waals surface area contributed by atoms with Crippen molar-refractivity contribution < 1.29 is 19.0 Å². The van der Waals surface area contributed by atoms with Crippen LogP contribution >= 0.6 is 0 Å². The van der Waals surface area contributed by atoms with Gasteiger partial charge in [-0.15, -0.1) is 0 Å². The van der Waals surface area contributed by atoms with E-state index >= 15 is 0 Å². The van der Waals surface area contributed by atoms with Crippen LogP contribution in [0.4, 0.5) is 0 Å². The lowest BCUT2D eigenvalue weighted by Gasteiger charge is -2.23. The number of carbonyl (C=O) groups is 1. The van der Waals surface area contributed by atoms with Gasteiger partial charge in [0.2, 0.25) is 0 Å². The summed E-state index contributed by atoms with van der Waals surface area (Å²) >= 11 is 0. The van der Waals surface area contributed by atoms with Crippen molar-refractivity contribution in [3.05, 3.63) is 161 Å². The van der Waals surface area contributed by atoms with Gasteiger partial charge in [-0.3, -0.25) is 4.79 Å². The normalized spacial score (nSPS) is 16.0. The minimum Gasteiger partial charge on any atom is -0.489 e. The summed E-state index contributed by atoms with van der Waals surface area (Å²) in [7, 11) is 0. The summed E-state index contributed by atoms with van der Waals surface area (Å²) in [5.41, 5.74) is 5.08. The highest BCUT2D eigenvalue weighted by atomic mass is 16.5. The van der Waals surface area contributed by atoms with Crippen molar-refractivity contribution in [3.63, 3.8) is 0 Å². The molecule has 4 nitrogen and oxygen atoms in total. The van der Waals surface area contributed by atoms with Gasteiger partial charge >= 0.3 is 0 Å². The molecule has 0 aliphatic heterocycles. The third-order valence-corrected chi connectivity index (χ3v) is 8.11. The Labute approximate surface area is 253 Å². The molecule has 5 aromatic rings. The summed E-state index contributed by atoms with van der Waals surface area (Å²) in [4.78, 5) is 13.9. The molecule has 0 heterocycles. The topological polar surface area (TPSA) is 44.8 Å². The second kappa shape index (κ2) is 13.9. The van der Waals surface area contributed by atoms with Crippen molar-refractivity contribution in [1.29, 1.82) is 0 Å². The SMILES string of the molecule is O=C(c1ccc(OCc2ccccc2)cc1)C1CCCC1c1cc(OCc2ccccc2)ccc1OCc1ccccc1. The fraction of sp³-hybridized carbons (Fsp3) is 0.205. The lowest BCUT2D eigenvalue weighted by molar-refractivity contribution is 0.0911. The molecule has 6 rings (SSSR count). The molecular formula is C39H36O4. The molecule has 1 aliphatic carbocycles. The molecule has 0 saturated heterocycles. The van der Waals surface area contributed by atoms with Gasteiger partial charge in [-0.1, -0.05) is 97.4 Å². The zero-order valence-electron chi connectivity index (χ0n) is 24.2. The van der Waals surface area contributed by atoms with Crippen LogP contribution in [0.5, 0.6) is 17.2 Å². The molecular weight excluding hydrogens is 532 g/mol. The summed E-state index contributed by atoms with van der Waals surface area (Å²) in [6, 6.07) is 44.0. The quantitative estimate of drug-likeness (QED) is 0.141. The van der Waals surface area contributed by atoms with E-state index in [1.54, 1.807) is 0 Å². The predicted molar refractivity (Wildman–Crippen MR) is 170 cm³/mol. The van der Waals surface area contributed by atoms with Crippen LogP contribution in [0.25, 0.3) is 0 Å². The number of ketones is 1. The van der Waals surface area contributed by atoms with Crippen LogP contribution in [-0.4, -0.2) is 5.78 Å². The molecule has 1 aliphatic rings. The fourth-order valence-corrected chi connectivity index (χ4v) is 5.83. The van der Waals surface area contributed by atoms with Gasteiger partial charge in [0.15, 0.2) is 5.78 Å². The fourth-order valence-electron chi connectivity index (χ4n) is 5.83. The van der Waals surface area contributed by atoms with Crippen LogP contribution < -0.4 is 14.2 Å². The first kappa shape index (κ1) is 28.3. The minimum absolute atomic E-state index is 0.0487. The molecule has 0 bridgehead atoms. The van der Waals surface area contributed by atoms with Crippen molar-refractivity contribution in [2.75, 3.05) is 0 Å². The predicted octanol–water partition coefficient (Wildman–Crippen LogP) is 9.19. The lowest BCUT2D eigenvalue weighted by atomic mass is 9.83. The minimum atomic E-state index is -0.125. The first-order valence-corrected chi connectivity index (χ1v) is 15.0. The highest BCUT2D eigenvalue weighted by Gasteiger charge is 2.36. The van der Waals surface area contributed by atoms with E-state index in [-0.39, 0.29) is 17.6 Å². The summed E-state index contributed by atoms with van der Waals surface area (Å²) in [6.45, 7) is 1.44. The van der Waals surface area contributed by atoms with Crippen LogP contribution in [0.3, 0.4) is 0 Å². The standard InChI is InChI=1S/C39H36O4/c40-39(32-19-21-33(22-20-32)41-26-29-11-4-1-5-12-29)36-18-10-17-35(36)37-25-34(42-27-30-13-6-2-7-14-30)23-24-38(37)43-28-31-15-8-3-9-16-31/h1-9,11-16,19-25,35-36H,10,17-18,26-28H2. The molecule has 43 heavy (non-hydrogen) atoms. The monoisotopic (exact) mass is 568 g/mol. The van der Waals surface area contributed by atoms with Gasteiger partial charge in [-0.2, -0.15) is 0 Å². The number of ether oxygens (including phenoxy) is 3. The second-order valence-corrected chi connectivity index (χ2v) is 11.1. The van der Waals surface area contributed by atoms with Gasteiger partial charge in [0, 0.05) is 17.0 Å².